The van der Waals surface area contributed by atoms with Gasteiger partial charge in [0.25, 0.3) is 0 Å². The highest BCUT2D eigenvalue weighted by Gasteiger charge is 2.34. The zero-order chi connectivity index (χ0) is 13.3. The summed E-state index contributed by atoms with van der Waals surface area (Å²) >= 11 is 0. The maximum absolute atomic E-state index is 12.9. The Hall–Kier alpha value is -1.91. The van der Waals surface area contributed by atoms with E-state index < -0.39 is 11.9 Å². The normalized spacial score (nSPS) is 19.3. The third-order valence-electron chi connectivity index (χ3n) is 3.23. The van der Waals surface area contributed by atoms with Crippen molar-refractivity contribution in [1.29, 1.82) is 0 Å². The number of carboxylic acid groups (broad SMARTS) is 1. The van der Waals surface area contributed by atoms with Gasteiger partial charge in [0.1, 0.15) is 5.82 Å². The average Bonchev–Trinajstić information content (AvgIpc) is 2.64. The van der Waals surface area contributed by atoms with Gasteiger partial charge in [0.15, 0.2) is 0 Å². The van der Waals surface area contributed by atoms with Gasteiger partial charge in [-0.2, -0.15) is 0 Å². The first-order chi connectivity index (χ1) is 8.47. The van der Waals surface area contributed by atoms with Gasteiger partial charge in [-0.05, 0) is 30.2 Å². The molecule has 0 spiro atoms. The molecule has 96 valence electrons. The topological polar surface area (TPSA) is 57.6 Å². The molecule has 18 heavy (non-hydrogen) atoms. The van der Waals surface area contributed by atoms with Gasteiger partial charge in [0.05, 0.1) is 5.92 Å². The van der Waals surface area contributed by atoms with E-state index in [9.17, 15) is 14.0 Å². The Bertz CT molecular complexity index is 501. The second kappa shape index (κ2) is 4.76. The van der Waals surface area contributed by atoms with Crippen LogP contribution >= 0.6 is 0 Å². The lowest BCUT2D eigenvalue weighted by molar-refractivity contribution is -0.141. The lowest BCUT2D eigenvalue weighted by atomic mass is 10.1. The third-order valence-corrected chi connectivity index (χ3v) is 3.23. The van der Waals surface area contributed by atoms with Gasteiger partial charge >= 0.3 is 5.97 Å². The molecule has 1 aliphatic heterocycles. The number of carbonyl (C=O) groups is 2. The predicted octanol–water partition coefficient (Wildman–Crippen LogP) is 1.57. The molecule has 1 aromatic rings. The largest absolute Gasteiger partial charge is 0.481 e. The fourth-order valence-electron chi connectivity index (χ4n) is 2.13. The molecular formula is C13H14FNO3. The fraction of sp³-hybridized carbons (Fsp3) is 0.385. The second-order valence-electron chi connectivity index (χ2n) is 4.58. The number of carbonyl (C=O) groups excluding carboxylic acids is 1. The van der Waals surface area contributed by atoms with Crippen molar-refractivity contribution in [2.75, 3.05) is 6.54 Å². The van der Waals surface area contributed by atoms with Crippen molar-refractivity contribution in [3.05, 3.63) is 35.1 Å². The van der Waals surface area contributed by atoms with Crippen LogP contribution in [0.25, 0.3) is 0 Å². The summed E-state index contributed by atoms with van der Waals surface area (Å²) in [6.07, 6.45) is 0.0512. The summed E-state index contributed by atoms with van der Waals surface area (Å²) in [5.74, 6) is -2.04. The van der Waals surface area contributed by atoms with Crippen LogP contribution in [0.5, 0.6) is 0 Å². The van der Waals surface area contributed by atoms with Crippen molar-refractivity contribution >= 4 is 11.9 Å². The Labute approximate surface area is 104 Å². The van der Waals surface area contributed by atoms with Gasteiger partial charge < -0.3 is 10.0 Å². The van der Waals surface area contributed by atoms with Crippen LogP contribution in [0.3, 0.4) is 0 Å². The van der Waals surface area contributed by atoms with E-state index in [2.05, 4.69) is 0 Å². The van der Waals surface area contributed by atoms with Crippen LogP contribution in [0.15, 0.2) is 18.2 Å². The van der Waals surface area contributed by atoms with Gasteiger partial charge in [-0.25, -0.2) is 4.39 Å². The molecule has 1 unspecified atom stereocenters. The van der Waals surface area contributed by atoms with E-state index >= 15 is 0 Å². The highest BCUT2D eigenvalue weighted by Crippen LogP contribution is 2.21. The summed E-state index contributed by atoms with van der Waals surface area (Å²) in [7, 11) is 0. The predicted molar refractivity (Wildman–Crippen MR) is 62.3 cm³/mol. The number of hydrogen-bond donors (Lipinski definition) is 1. The first kappa shape index (κ1) is 12.5. The number of hydrogen-bond acceptors (Lipinski definition) is 2. The van der Waals surface area contributed by atoms with Crippen LogP contribution < -0.4 is 0 Å². The summed E-state index contributed by atoms with van der Waals surface area (Å²) in [5, 5.41) is 8.88. The van der Waals surface area contributed by atoms with Gasteiger partial charge in [-0.1, -0.05) is 6.07 Å². The average molecular weight is 251 g/mol. The smallest absolute Gasteiger partial charge is 0.308 e. The van der Waals surface area contributed by atoms with E-state index in [0.717, 1.165) is 11.1 Å². The minimum atomic E-state index is -0.943. The lowest BCUT2D eigenvalue weighted by Gasteiger charge is -2.17. The summed E-state index contributed by atoms with van der Waals surface area (Å²) in [4.78, 5) is 24.0. The molecule has 2 rings (SSSR count). The summed E-state index contributed by atoms with van der Waals surface area (Å²) in [6, 6.07) is 4.38. The Morgan fingerprint density at radius 3 is 2.83 bits per heavy atom. The van der Waals surface area contributed by atoms with E-state index in [1.54, 1.807) is 13.0 Å². The van der Waals surface area contributed by atoms with Crippen molar-refractivity contribution in [1.82, 2.24) is 4.90 Å². The van der Waals surface area contributed by atoms with Crippen molar-refractivity contribution in [2.24, 2.45) is 5.92 Å². The summed E-state index contributed by atoms with van der Waals surface area (Å²) in [5.41, 5.74) is 1.61. The molecule has 4 nitrogen and oxygen atoms in total. The first-order valence-corrected chi connectivity index (χ1v) is 5.73. The number of halogens is 1. The first-order valence-electron chi connectivity index (χ1n) is 5.73. The van der Waals surface area contributed by atoms with Crippen LogP contribution in [0.1, 0.15) is 17.5 Å². The molecule has 1 saturated heterocycles. The maximum atomic E-state index is 12.9. The number of nitrogens with zero attached hydrogens (tertiary/aromatic N) is 1. The number of amides is 1. The van der Waals surface area contributed by atoms with Gasteiger partial charge in [0.2, 0.25) is 5.91 Å². The lowest BCUT2D eigenvalue weighted by Crippen LogP contribution is -2.26. The molecule has 0 bridgehead atoms. The summed E-state index contributed by atoms with van der Waals surface area (Å²) in [6.45, 7) is 2.34. The molecule has 1 fully saturated rings. The quantitative estimate of drug-likeness (QED) is 0.887. The van der Waals surface area contributed by atoms with E-state index in [4.69, 9.17) is 5.11 Å². The van der Waals surface area contributed by atoms with Crippen LogP contribution in [-0.4, -0.2) is 28.4 Å². The number of likely N-dealkylation sites (tertiary alicyclic amines) is 1. The standard InChI is InChI=1S/C13H14FNO3/c1-8-4-11(14)3-2-9(8)6-15-7-10(13(17)18)5-12(15)16/h2-4,10H,5-7H2,1H3,(H,17,18). The molecule has 1 aliphatic rings. The molecular weight excluding hydrogens is 237 g/mol. The van der Waals surface area contributed by atoms with Gasteiger partial charge in [0, 0.05) is 19.5 Å². The zero-order valence-electron chi connectivity index (χ0n) is 10.0. The zero-order valence-corrected chi connectivity index (χ0v) is 10.0. The molecule has 0 saturated carbocycles. The Kier molecular flexibility index (Phi) is 3.32. The molecule has 0 aromatic heterocycles. The van der Waals surface area contributed by atoms with Crippen LogP contribution in [0.4, 0.5) is 4.39 Å². The molecule has 1 atom stereocenters. The Morgan fingerprint density at radius 2 is 2.28 bits per heavy atom. The van der Waals surface area contributed by atoms with Crippen LogP contribution in [-0.2, 0) is 16.1 Å². The third kappa shape index (κ3) is 2.50. The molecule has 1 aromatic carbocycles. The molecule has 0 radical (unpaired) electrons. The number of aryl methyl sites for hydroxylation is 1. The minimum absolute atomic E-state index is 0.0512. The highest BCUT2D eigenvalue weighted by molar-refractivity contribution is 5.86. The van der Waals surface area contributed by atoms with Crippen molar-refractivity contribution in [2.45, 2.75) is 19.9 Å². The number of carboxylic acids is 1. The molecule has 1 N–H and O–H groups in total. The maximum Gasteiger partial charge on any atom is 0.308 e. The second-order valence-corrected chi connectivity index (χ2v) is 4.58. The number of rotatable bonds is 3. The highest BCUT2D eigenvalue weighted by atomic mass is 19.1. The number of benzene rings is 1. The van der Waals surface area contributed by atoms with E-state index in [0.29, 0.717) is 6.54 Å². The van der Waals surface area contributed by atoms with E-state index in [1.807, 2.05) is 0 Å². The summed E-state index contributed by atoms with van der Waals surface area (Å²) < 4.78 is 12.9. The molecule has 1 amide bonds. The van der Waals surface area contributed by atoms with Crippen LogP contribution in [0, 0.1) is 18.7 Å². The van der Waals surface area contributed by atoms with Gasteiger partial charge in [-0.15, -0.1) is 0 Å². The SMILES string of the molecule is Cc1cc(F)ccc1CN1CC(C(=O)O)CC1=O. The van der Waals surface area contributed by atoms with Crippen molar-refractivity contribution in [3.8, 4) is 0 Å². The monoisotopic (exact) mass is 251 g/mol. The molecule has 0 aliphatic carbocycles. The fourth-order valence-corrected chi connectivity index (χ4v) is 2.13. The van der Waals surface area contributed by atoms with E-state index in [-0.39, 0.29) is 24.7 Å². The van der Waals surface area contributed by atoms with E-state index in [1.165, 1.54) is 17.0 Å². The number of aliphatic carboxylic acids is 1. The Morgan fingerprint density at radius 1 is 1.56 bits per heavy atom. The molecule has 5 heteroatoms. The van der Waals surface area contributed by atoms with Crippen molar-refractivity contribution in [3.63, 3.8) is 0 Å². The van der Waals surface area contributed by atoms with Crippen molar-refractivity contribution < 1.29 is 19.1 Å². The van der Waals surface area contributed by atoms with Crippen LogP contribution in [0.2, 0.25) is 0 Å². The Balaban J connectivity index is 2.10. The minimum Gasteiger partial charge on any atom is -0.481 e. The molecule has 1 heterocycles. The van der Waals surface area contributed by atoms with Gasteiger partial charge in [-0.3, -0.25) is 9.59 Å².